The highest BCUT2D eigenvalue weighted by Gasteiger charge is 2.14. The zero-order chi connectivity index (χ0) is 14.5. The number of nitrogens with one attached hydrogen (secondary N) is 2. The maximum absolute atomic E-state index is 12.1. The number of rotatable bonds is 5. The summed E-state index contributed by atoms with van der Waals surface area (Å²) in [5.41, 5.74) is 3.19. The summed E-state index contributed by atoms with van der Waals surface area (Å²) < 4.78 is 0. The summed E-state index contributed by atoms with van der Waals surface area (Å²) in [7, 11) is 0. The van der Waals surface area contributed by atoms with Crippen molar-refractivity contribution >= 4 is 5.91 Å². The molecule has 0 saturated heterocycles. The van der Waals surface area contributed by atoms with Gasteiger partial charge in [-0.3, -0.25) is 4.79 Å². The lowest BCUT2D eigenvalue weighted by atomic mass is 9.98. The van der Waals surface area contributed by atoms with Crippen LogP contribution < -0.4 is 10.6 Å². The molecule has 0 aliphatic carbocycles. The van der Waals surface area contributed by atoms with Gasteiger partial charge < -0.3 is 15.7 Å². The summed E-state index contributed by atoms with van der Waals surface area (Å²) in [6.07, 6.45) is 1.25. The van der Waals surface area contributed by atoms with E-state index < -0.39 is 6.10 Å². The molecule has 1 atom stereocenters. The van der Waals surface area contributed by atoms with E-state index in [1.165, 1.54) is 11.1 Å². The van der Waals surface area contributed by atoms with Gasteiger partial charge >= 0.3 is 0 Å². The number of hydrogen-bond acceptors (Lipinski definition) is 3. The second-order valence-corrected chi connectivity index (χ2v) is 5.90. The Labute approximate surface area is 120 Å². The first-order valence-corrected chi connectivity index (χ1v) is 7.35. The maximum Gasteiger partial charge on any atom is 0.251 e. The van der Waals surface area contributed by atoms with Gasteiger partial charge in [-0.1, -0.05) is 19.9 Å². The van der Waals surface area contributed by atoms with Gasteiger partial charge in [0.2, 0.25) is 0 Å². The Kier molecular flexibility index (Phi) is 5.15. The molecular weight excluding hydrogens is 252 g/mol. The first-order chi connectivity index (χ1) is 9.56. The van der Waals surface area contributed by atoms with Crippen LogP contribution in [0.3, 0.4) is 0 Å². The number of aliphatic hydroxyl groups excluding tert-OH is 1. The van der Waals surface area contributed by atoms with E-state index in [2.05, 4.69) is 24.5 Å². The molecule has 0 saturated carbocycles. The highest BCUT2D eigenvalue weighted by molar-refractivity contribution is 5.94. The summed E-state index contributed by atoms with van der Waals surface area (Å²) >= 11 is 0. The van der Waals surface area contributed by atoms with Crippen LogP contribution in [0, 0.1) is 5.92 Å². The molecule has 110 valence electrons. The van der Waals surface area contributed by atoms with Crippen LogP contribution in [0.25, 0.3) is 0 Å². The fourth-order valence-electron chi connectivity index (χ4n) is 2.56. The third-order valence-electron chi connectivity index (χ3n) is 3.60. The van der Waals surface area contributed by atoms with Gasteiger partial charge in [0.05, 0.1) is 6.10 Å². The van der Waals surface area contributed by atoms with Gasteiger partial charge in [-0.15, -0.1) is 0 Å². The molecule has 0 radical (unpaired) electrons. The summed E-state index contributed by atoms with van der Waals surface area (Å²) in [5, 5.41) is 15.9. The standard InChI is InChI=1S/C16H24N2O2/c1-11(2)7-15(19)10-18-16(20)13-4-3-12-5-6-17-9-14(12)8-13/h3-4,8,11,15,17,19H,5-7,9-10H2,1-2H3,(H,18,20). The number of amides is 1. The van der Waals surface area contributed by atoms with Gasteiger partial charge in [-0.05, 0) is 48.6 Å². The van der Waals surface area contributed by atoms with E-state index in [1.807, 2.05) is 18.2 Å². The highest BCUT2D eigenvalue weighted by Crippen LogP contribution is 2.15. The van der Waals surface area contributed by atoms with Crippen LogP contribution in [0.1, 0.15) is 41.8 Å². The monoisotopic (exact) mass is 276 g/mol. The zero-order valence-electron chi connectivity index (χ0n) is 12.3. The van der Waals surface area contributed by atoms with Crippen molar-refractivity contribution in [3.8, 4) is 0 Å². The predicted molar refractivity (Wildman–Crippen MR) is 79.6 cm³/mol. The fourth-order valence-corrected chi connectivity index (χ4v) is 2.56. The molecule has 4 heteroatoms. The Balaban J connectivity index is 1.92. The van der Waals surface area contributed by atoms with Crippen molar-refractivity contribution in [3.63, 3.8) is 0 Å². The maximum atomic E-state index is 12.1. The quantitative estimate of drug-likeness (QED) is 0.763. The minimum Gasteiger partial charge on any atom is -0.391 e. The van der Waals surface area contributed by atoms with E-state index in [0.717, 1.165) is 19.5 Å². The molecule has 0 bridgehead atoms. The smallest absolute Gasteiger partial charge is 0.251 e. The molecule has 1 aliphatic rings. The van der Waals surface area contributed by atoms with Crippen LogP contribution >= 0.6 is 0 Å². The summed E-state index contributed by atoms with van der Waals surface area (Å²) in [4.78, 5) is 12.1. The molecule has 3 N–H and O–H groups in total. The van der Waals surface area contributed by atoms with Gasteiger partial charge in [0, 0.05) is 18.7 Å². The Bertz CT molecular complexity index is 472. The number of benzene rings is 1. The molecule has 1 aromatic carbocycles. The van der Waals surface area contributed by atoms with Crippen LogP contribution in [-0.4, -0.2) is 30.2 Å². The average Bonchev–Trinajstić information content (AvgIpc) is 2.43. The molecular formula is C16H24N2O2. The Morgan fingerprint density at radius 2 is 2.20 bits per heavy atom. The van der Waals surface area contributed by atoms with E-state index in [0.29, 0.717) is 24.4 Å². The Hall–Kier alpha value is -1.39. The molecule has 0 spiro atoms. The van der Waals surface area contributed by atoms with Gasteiger partial charge in [-0.25, -0.2) is 0 Å². The lowest BCUT2D eigenvalue weighted by molar-refractivity contribution is 0.0900. The summed E-state index contributed by atoms with van der Waals surface area (Å²) in [6, 6.07) is 5.86. The predicted octanol–water partition coefficient (Wildman–Crippen LogP) is 1.47. The van der Waals surface area contributed by atoms with Crippen LogP contribution in [0.15, 0.2) is 18.2 Å². The van der Waals surface area contributed by atoms with Crippen molar-refractivity contribution in [1.82, 2.24) is 10.6 Å². The lowest BCUT2D eigenvalue weighted by Crippen LogP contribution is -2.33. The first kappa shape index (κ1) is 15.0. The second-order valence-electron chi connectivity index (χ2n) is 5.90. The van der Waals surface area contributed by atoms with Gasteiger partial charge in [-0.2, -0.15) is 0 Å². The van der Waals surface area contributed by atoms with Crippen molar-refractivity contribution in [2.45, 2.75) is 39.3 Å². The average molecular weight is 276 g/mol. The van der Waals surface area contributed by atoms with Crippen LogP contribution in [0.2, 0.25) is 0 Å². The zero-order valence-corrected chi connectivity index (χ0v) is 12.3. The van der Waals surface area contributed by atoms with Crippen molar-refractivity contribution in [2.75, 3.05) is 13.1 Å². The molecule has 1 aromatic rings. The molecule has 1 heterocycles. The molecule has 2 rings (SSSR count). The first-order valence-electron chi connectivity index (χ1n) is 7.35. The van der Waals surface area contributed by atoms with Crippen molar-refractivity contribution in [1.29, 1.82) is 0 Å². The van der Waals surface area contributed by atoms with Crippen molar-refractivity contribution in [3.05, 3.63) is 34.9 Å². The minimum atomic E-state index is -0.474. The lowest BCUT2D eigenvalue weighted by Gasteiger charge is -2.18. The van der Waals surface area contributed by atoms with Crippen LogP contribution in [0.4, 0.5) is 0 Å². The molecule has 1 unspecified atom stereocenters. The molecule has 0 aromatic heterocycles. The summed E-state index contributed by atoms with van der Waals surface area (Å²) in [5.74, 6) is 0.318. The highest BCUT2D eigenvalue weighted by atomic mass is 16.3. The van der Waals surface area contributed by atoms with E-state index in [1.54, 1.807) is 0 Å². The van der Waals surface area contributed by atoms with E-state index in [9.17, 15) is 9.90 Å². The SMILES string of the molecule is CC(C)CC(O)CNC(=O)c1ccc2c(c1)CNCC2. The van der Waals surface area contributed by atoms with Crippen LogP contribution in [0.5, 0.6) is 0 Å². The van der Waals surface area contributed by atoms with Gasteiger partial charge in [0.1, 0.15) is 0 Å². The van der Waals surface area contributed by atoms with E-state index >= 15 is 0 Å². The molecule has 20 heavy (non-hydrogen) atoms. The molecule has 4 nitrogen and oxygen atoms in total. The molecule has 1 aliphatic heterocycles. The number of carbonyl (C=O) groups excluding carboxylic acids is 1. The largest absolute Gasteiger partial charge is 0.391 e. The van der Waals surface area contributed by atoms with Crippen molar-refractivity contribution < 1.29 is 9.90 Å². The number of aliphatic hydroxyl groups is 1. The number of fused-ring (bicyclic) bond motifs is 1. The molecule has 0 fully saturated rings. The number of carbonyl (C=O) groups is 1. The Morgan fingerprint density at radius 3 is 2.95 bits per heavy atom. The fraction of sp³-hybridized carbons (Fsp3) is 0.562. The van der Waals surface area contributed by atoms with E-state index in [4.69, 9.17) is 0 Å². The van der Waals surface area contributed by atoms with Crippen LogP contribution in [-0.2, 0) is 13.0 Å². The van der Waals surface area contributed by atoms with Crippen molar-refractivity contribution in [2.24, 2.45) is 5.92 Å². The second kappa shape index (κ2) is 6.86. The normalized spacial score (nSPS) is 15.8. The Morgan fingerprint density at radius 1 is 1.40 bits per heavy atom. The number of hydrogen-bond donors (Lipinski definition) is 3. The van der Waals surface area contributed by atoms with E-state index in [-0.39, 0.29) is 5.91 Å². The summed E-state index contributed by atoms with van der Waals surface area (Å²) in [6.45, 7) is 6.25. The molecule has 1 amide bonds. The van der Waals surface area contributed by atoms with Gasteiger partial charge in [0.25, 0.3) is 5.91 Å². The third-order valence-corrected chi connectivity index (χ3v) is 3.60. The third kappa shape index (κ3) is 4.05. The minimum absolute atomic E-state index is 0.110. The van der Waals surface area contributed by atoms with Gasteiger partial charge in [0.15, 0.2) is 0 Å². The topological polar surface area (TPSA) is 61.4 Å².